The number of hydrogen-bond acceptors (Lipinski definition) is 5. The quantitative estimate of drug-likeness (QED) is 0.452. The SMILES string of the molecule is CC(=O)Nc1ccc(-c2csc(N/N=C\c3cccc(C(F)(F)F)c3)n2)cc1. The first-order chi connectivity index (χ1) is 13.3. The summed E-state index contributed by atoms with van der Waals surface area (Å²) in [6.07, 6.45) is -3.09. The second kappa shape index (κ2) is 8.22. The van der Waals surface area contributed by atoms with Crippen molar-refractivity contribution in [3.63, 3.8) is 0 Å². The minimum Gasteiger partial charge on any atom is -0.326 e. The molecular formula is C19H15F3N4OS. The molecule has 0 aliphatic carbocycles. The summed E-state index contributed by atoms with van der Waals surface area (Å²) in [5, 5.41) is 8.97. The van der Waals surface area contributed by atoms with Crippen molar-refractivity contribution in [1.82, 2.24) is 4.98 Å². The number of carbonyl (C=O) groups excluding carboxylic acids is 1. The van der Waals surface area contributed by atoms with E-state index in [0.29, 0.717) is 16.4 Å². The number of anilines is 2. The Balaban J connectivity index is 1.65. The fourth-order valence-corrected chi connectivity index (χ4v) is 3.01. The Morgan fingerprint density at radius 2 is 1.93 bits per heavy atom. The minimum atomic E-state index is -4.39. The summed E-state index contributed by atoms with van der Waals surface area (Å²) < 4.78 is 38.2. The van der Waals surface area contributed by atoms with E-state index >= 15 is 0 Å². The predicted molar refractivity (Wildman–Crippen MR) is 105 cm³/mol. The molecule has 1 amide bonds. The van der Waals surface area contributed by atoms with E-state index in [4.69, 9.17) is 0 Å². The molecule has 9 heteroatoms. The maximum absolute atomic E-state index is 12.7. The van der Waals surface area contributed by atoms with Crippen LogP contribution in [0.2, 0.25) is 0 Å². The molecule has 28 heavy (non-hydrogen) atoms. The average molecular weight is 404 g/mol. The highest BCUT2D eigenvalue weighted by Gasteiger charge is 2.30. The molecule has 0 aliphatic heterocycles. The van der Waals surface area contributed by atoms with Crippen LogP contribution in [0, 0.1) is 0 Å². The van der Waals surface area contributed by atoms with E-state index in [2.05, 4.69) is 20.8 Å². The highest BCUT2D eigenvalue weighted by atomic mass is 32.1. The van der Waals surface area contributed by atoms with Crippen molar-refractivity contribution in [1.29, 1.82) is 0 Å². The van der Waals surface area contributed by atoms with Crippen molar-refractivity contribution in [2.24, 2.45) is 5.10 Å². The third kappa shape index (κ3) is 5.17. The second-order valence-corrected chi connectivity index (χ2v) is 6.65. The van der Waals surface area contributed by atoms with Crippen LogP contribution in [0.15, 0.2) is 59.0 Å². The van der Waals surface area contributed by atoms with E-state index in [1.54, 1.807) is 12.1 Å². The fraction of sp³-hybridized carbons (Fsp3) is 0.105. The van der Waals surface area contributed by atoms with Gasteiger partial charge in [-0.2, -0.15) is 18.3 Å². The third-order valence-corrected chi connectivity index (χ3v) is 4.34. The van der Waals surface area contributed by atoms with E-state index in [1.165, 1.54) is 36.6 Å². The van der Waals surface area contributed by atoms with Gasteiger partial charge in [-0.05, 0) is 29.8 Å². The molecule has 0 atom stereocenters. The van der Waals surface area contributed by atoms with E-state index in [0.717, 1.165) is 23.4 Å². The lowest BCUT2D eigenvalue weighted by Gasteiger charge is -2.06. The number of thiazole rings is 1. The molecule has 0 radical (unpaired) electrons. The number of nitrogens with one attached hydrogen (secondary N) is 2. The Morgan fingerprint density at radius 3 is 2.61 bits per heavy atom. The van der Waals surface area contributed by atoms with Crippen LogP contribution in [0.1, 0.15) is 18.1 Å². The van der Waals surface area contributed by atoms with Crippen molar-refractivity contribution in [3.05, 3.63) is 65.0 Å². The molecule has 0 aliphatic rings. The van der Waals surface area contributed by atoms with Crippen LogP contribution in [0.3, 0.4) is 0 Å². The Bertz CT molecular complexity index is 997. The summed E-state index contributed by atoms with van der Waals surface area (Å²) in [6, 6.07) is 12.1. The molecule has 0 fully saturated rings. The predicted octanol–water partition coefficient (Wildman–Crippen LogP) is 5.23. The molecule has 3 aromatic rings. The number of halogens is 3. The van der Waals surface area contributed by atoms with Crippen molar-refractivity contribution < 1.29 is 18.0 Å². The van der Waals surface area contributed by atoms with Gasteiger partial charge in [-0.15, -0.1) is 11.3 Å². The second-order valence-electron chi connectivity index (χ2n) is 5.79. The van der Waals surface area contributed by atoms with E-state index in [-0.39, 0.29) is 5.91 Å². The van der Waals surface area contributed by atoms with Gasteiger partial charge in [0.25, 0.3) is 0 Å². The fourth-order valence-electron chi connectivity index (χ4n) is 2.34. The van der Waals surface area contributed by atoms with Crippen LogP contribution in [0.25, 0.3) is 11.3 Å². The smallest absolute Gasteiger partial charge is 0.326 e. The summed E-state index contributed by atoms with van der Waals surface area (Å²) in [4.78, 5) is 15.4. The molecule has 1 aromatic heterocycles. The zero-order valence-corrected chi connectivity index (χ0v) is 15.4. The molecule has 1 heterocycles. The molecule has 0 unspecified atom stereocenters. The monoisotopic (exact) mass is 404 g/mol. The first kappa shape index (κ1) is 19.6. The molecule has 2 aromatic carbocycles. The third-order valence-electron chi connectivity index (χ3n) is 3.59. The zero-order chi connectivity index (χ0) is 20.1. The Hall–Kier alpha value is -3.20. The van der Waals surface area contributed by atoms with Crippen molar-refractivity contribution in [2.45, 2.75) is 13.1 Å². The molecule has 5 nitrogen and oxygen atoms in total. The van der Waals surface area contributed by atoms with Crippen LogP contribution >= 0.6 is 11.3 Å². The van der Waals surface area contributed by atoms with Crippen LogP contribution in [0.5, 0.6) is 0 Å². The van der Waals surface area contributed by atoms with Crippen LogP contribution in [0.4, 0.5) is 24.0 Å². The number of alkyl halides is 3. The number of nitrogens with zero attached hydrogens (tertiary/aromatic N) is 2. The average Bonchev–Trinajstić information content (AvgIpc) is 3.10. The Kier molecular flexibility index (Phi) is 5.74. The van der Waals surface area contributed by atoms with Gasteiger partial charge in [0.1, 0.15) is 0 Å². The summed E-state index contributed by atoms with van der Waals surface area (Å²) in [5.74, 6) is -0.147. The molecule has 144 valence electrons. The minimum absolute atomic E-state index is 0.147. The number of aromatic nitrogens is 1. The van der Waals surface area contributed by atoms with Gasteiger partial charge >= 0.3 is 6.18 Å². The lowest BCUT2D eigenvalue weighted by molar-refractivity contribution is -0.137. The number of hydrogen-bond donors (Lipinski definition) is 2. The van der Waals surface area contributed by atoms with Crippen molar-refractivity contribution in [2.75, 3.05) is 10.7 Å². The Morgan fingerprint density at radius 1 is 1.18 bits per heavy atom. The number of hydrazone groups is 1. The maximum Gasteiger partial charge on any atom is 0.416 e. The molecule has 0 saturated heterocycles. The largest absolute Gasteiger partial charge is 0.416 e. The first-order valence-electron chi connectivity index (χ1n) is 8.11. The summed E-state index contributed by atoms with van der Waals surface area (Å²) in [5.41, 5.74) is 4.59. The summed E-state index contributed by atoms with van der Waals surface area (Å²) >= 11 is 1.32. The topological polar surface area (TPSA) is 66.4 Å². The van der Waals surface area contributed by atoms with Crippen molar-refractivity contribution >= 4 is 34.3 Å². The van der Waals surface area contributed by atoms with Gasteiger partial charge in [-0.3, -0.25) is 10.2 Å². The van der Waals surface area contributed by atoms with E-state index in [1.807, 2.05) is 17.5 Å². The highest BCUT2D eigenvalue weighted by molar-refractivity contribution is 7.14. The standard InChI is InChI=1S/C19H15F3N4OS/c1-12(27)24-16-7-5-14(6-8-16)17-11-28-18(25-17)26-23-10-13-3-2-4-15(9-13)19(20,21)22/h2-11H,1H3,(H,24,27)(H,25,26)/b23-10-. The molecule has 0 saturated carbocycles. The van der Waals surface area contributed by atoms with Gasteiger partial charge in [0.2, 0.25) is 11.0 Å². The van der Waals surface area contributed by atoms with Gasteiger partial charge in [0, 0.05) is 23.6 Å². The van der Waals surface area contributed by atoms with Gasteiger partial charge in [0.05, 0.1) is 17.5 Å². The van der Waals surface area contributed by atoms with Crippen molar-refractivity contribution in [3.8, 4) is 11.3 Å². The molecule has 0 spiro atoms. The molecule has 2 N–H and O–H groups in total. The zero-order valence-electron chi connectivity index (χ0n) is 14.6. The maximum atomic E-state index is 12.7. The van der Waals surface area contributed by atoms with E-state index in [9.17, 15) is 18.0 Å². The van der Waals surface area contributed by atoms with Gasteiger partial charge in [0.15, 0.2) is 0 Å². The lowest BCUT2D eigenvalue weighted by atomic mass is 10.1. The highest BCUT2D eigenvalue weighted by Crippen LogP contribution is 2.29. The number of benzene rings is 2. The van der Waals surface area contributed by atoms with E-state index < -0.39 is 11.7 Å². The van der Waals surface area contributed by atoms with Crippen LogP contribution < -0.4 is 10.7 Å². The molecule has 3 rings (SSSR count). The summed E-state index contributed by atoms with van der Waals surface area (Å²) in [7, 11) is 0. The number of carbonyl (C=O) groups is 1. The van der Waals surface area contributed by atoms with Crippen LogP contribution in [-0.4, -0.2) is 17.1 Å². The molecule has 0 bridgehead atoms. The van der Waals surface area contributed by atoms with Crippen LogP contribution in [-0.2, 0) is 11.0 Å². The molecular weight excluding hydrogens is 389 g/mol. The number of amides is 1. The number of rotatable bonds is 5. The Labute approximate surface area is 162 Å². The lowest BCUT2D eigenvalue weighted by Crippen LogP contribution is -2.05. The van der Waals surface area contributed by atoms with Gasteiger partial charge < -0.3 is 5.32 Å². The first-order valence-corrected chi connectivity index (χ1v) is 8.99. The van der Waals surface area contributed by atoms with Gasteiger partial charge in [-0.25, -0.2) is 4.98 Å². The summed E-state index contributed by atoms with van der Waals surface area (Å²) in [6.45, 7) is 1.44. The normalized spacial score (nSPS) is 11.6. The van der Waals surface area contributed by atoms with Gasteiger partial charge in [-0.1, -0.05) is 24.3 Å².